The SMILES string of the molecule is c1ccc(-n2c3ccccc3c3cc4cc5c(cc4cc32)c2ccccc2n5-c2nc3ccccc3nc2-c2ccc3oc4ccccc4c3c2)cc1. The van der Waals surface area contributed by atoms with E-state index in [-0.39, 0.29) is 0 Å². The Bertz CT molecular complexity index is 3460. The Morgan fingerprint density at radius 2 is 0.943 bits per heavy atom. The van der Waals surface area contributed by atoms with Gasteiger partial charge in [0.2, 0.25) is 0 Å². The second kappa shape index (κ2) is 10.6. The van der Waals surface area contributed by atoms with Crippen LogP contribution in [0.2, 0.25) is 0 Å². The molecule has 12 aromatic rings. The van der Waals surface area contributed by atoms with Gasteiger partial charge in [-0.05, 0) is 95.7 Å². The standard InChI is InChI=1S/C48H28N4O/c1-2-12-32(13-3-1)51-41-19-9-4-14-33(41)36-25-31-28-44-37(26-30(31)27-43(36)51)34-15-5-10-20-42(34)52(44)48-47(49-39-17-7-8-18-40(39)50-48)29-22-23-46-38(24-29)35-16-6-11-21-45(35)53-46/h1-28H. The number of aromatic nitrogens is 4. The second-order valence-corrected chi connectivity index (χ2v) is 13.8. The number of para-hydroxylation sites is 6. The van der Waals surface area contributed by atoms with Crippen molar-refractivity contribution < 1.29 is 4.42 Å². The van der Waals surface area contributed by atoms with Crippen LogP contribution in [0.4, 0.5) is 0 Å². The molecule has 8 aromatic carbocycles. The molecule has 53 heavy (non-hydrogen) atoms. The molecule has 246 valence electrons. The summed E-state index contributed by atoms with van der Waals surface area (Å²) >= 11 is 0. The van der Waals surface area contributed by atoms with Crippen LogP contribution in [0.1, 0.15) is 0 Å². The maximum absolute atomic E-state index is 6.21. The summed E-state index contributed by atoms with van der Waals surface area (Å²) in [6.45, 7) is 0. The summed E-state index contributed by atoms with van der Waals surface area (Å²) in [5, 5.41) is 9.32. The predicted molar refractivity (Wildman–Crippen MR) is 218 cm³/mol. The van der Waals surface area contributed by atoms with Crippen molar-refractivity contribution in [3.05, 3.63) is 170 Å². The average molecular weight is 677 g/mol. The minimum Gasteiger partial charge on any atom is -0.456 e. The first kappa shape index (κ1) is 28.5. The Balaban J connectivity index is 1.18. The van der Waals surface area contributed by atoms with E-state index in [1.807, 2.05) is 36.4 Å². The molecule has 5 nitrogen and oxygen atoms in total. The van der Waals surface area contributed by atoms with Crippen LogP contribution in [0.5, 0.6) is 0 Å². The topological polar surface area (TPSA) is 48.8 Å². The van der Waals surface area contributed by atoms with Gasteiger partial charge in [0.25, 0.3) is 0 Å². The molecular weight excluding hydrogens is 649 g/mol. The highest BCUT2D eigenvalue weighted by molar-refractivity contribution is 6.18. The van der Waals surface area contributed by atoms with Gasteiger partial charge in [-0.3, -0.25) is 4.57 Å². The van der Waals surface area contributed by atoms with Crippen LogP contribution >= 0.6 is 0 Å². The van der Waals surface area contributed by atoms with Gasteiger partial charge >= 0.3 is 0 Å². The molecule has 0 amide bonds. The Morgan fingerprint density at radius 1 is 0.377 bits per heavy atom. The lowest BCUT2D eigenvalue weighted by atomic mass is 10.0. The fourth-order valence-corrected chi connectivity index (χ4v) is 8.48. The molecule has 0 aliphatic heterocycles. The van der Waals surface area contributed by atoms with Gasteiger partial charge in [-0.15, -0.1) is 0 Å². The molecule has 0 bridgehead atoms. The monoisotopic (exact) mass is 676 g/mol. The van der Waals surface area contributed by atoms with Gasteiger partial charge in [-0.1, -0.05) is 84.9 Å². The normalized spacial score (nSPS) is 12.2. The third-order valence-electron chi connectivity index (χ3n) is 10.8. The third kappa shape index (κ3) is 4.07. The zero-order valence-corrected chi connectivity index (χ0v) is 28.4. The quantitative estimate of drug-likeness (QED) is 0.187. The maximum Gasteiger partial charge on any atom is 0.165 e. The first-order valence-electron chi connectivity index (χ1n) is 17.9. The lowest BCUT2D eigenvalue weighted by Crippen LogP contribution is -2.03. The van der Waals surface area contributed by atoms with Gasteiger partial charge in [-0.2, -0.15) is 0 Å². The van der Waals surface area contributed by atoms with E-state index in [4.69, 9.17) is 14.4 Å². The van der Waals surface area contributed by atoms with E-state index in [1.165, 1.54) is 43.4 Å². The minimum atomic E-state index is 0.795. The fraction of sp³-hybridized carbons (Fsp3) is 0. The second-order valence-electron chi connectivity index (χ2n) is 13.8. The van der Waals surface area contributed by atoms with Crippen LogP contribution < -0.4 is 0 Å². The van der Waals surface area contributed by atoms with Crippen molar-refractivity contribution >= 4 is 87.4 Å². The average Bonchev–Trinajstić information content (AvgIpc) is 3.86. The zero-order chi connectivity index (χ0) is 34.6. The van der Waals surface area contributed by atoms with E-state index in [0.717, 1.165) is 66.8 Å². The molecule has 0 saturated heterocycles. The van der Waals surface area contributed by atoms with Crippen molar-refractivity contribution in [2.24, 2.45) is 0 Å². The highest BCUT2D eigenvalue weighted by Crippen LogP contribution is 2.41. The molecule has 0 fully saturated rings. The largest absolute Gasteiger partial charge is 0.456 e. The van der Waals surface area contributed by atoms with Crippen LogP contribution in [-0.4, -0.2) is 19.1 Å². The predicted octanol–water partition coefficient (Wildman–Crippen LogP) is 12.5. The van der Waals surface area contributed by atoms with E-state index < -0.39 is 0 Å². The first-order valence-corrected chi connectivity index (χ1v) is 17.9. The van der Waals surface area contributed by atoms with Gasteiger partial charge in [-0.25, -0.2) is 9.97 Å². The van der Waals surface area contributed by atoms with Crippen LogP contribution in [0, 0.1) is 0 Å². The summed E-state index contributed by atoms with van der Waals surface area (Å²) in [7, 11) is 0. The number of furan rings is 1. The highest BCUT2D eigenvalue weighted by atomic mass is 16.3. The molecule has 5 heteroatoms. The van der Waals surface area contributed by atoms with Gasteiger partial charge in [0.1, 0.15) is 16.9 Å². The highest BCUT2D eigenvalue weighted by Gasteiger charge is 2.21. The lowest BCUT2D eigenvalue weighted by molar-refractivity contribution is 0.669. The summed E-state index contributed by atoms with van der Waals surface area (Å²) in [5.41, 5.74) is 11.0. The van der Waals surface area contributed by atoms with E-state index in [0.29, 0.717) is 0 Å². The smallest absolute Gasteiger partial charge is 0.165 e. The molecule has 0 N–H and O–H groups in total. The van der Waals surface area contributed by atoms with Crippen LogP contribution in [0.25, 0.3) is 110 Å². The number of hydrogen-bond donors (Lipinski definition) is 0. The number of rotatable bonds is 3. The van der Waals surface area contributed by atoms with Crippen molar-refractivity contribution in [1.82, 2.24) is 19.1 Å². The molecule has 0 unspecified atom stereocenters. The van der Waals surface area contributed by atoms with Gasteiger partial charge < -0.3 is 8.98 Å². The maximum atomic E-state index is 6.21. The molecular formula is C48H28N4O. The summed E-state index contributed by atoms with van der Waals surface area (Å²) in [6.07, 6.45) is 0. The number of hydrogen-bond acceptors (Lipinski definition) is 3. The molecule has 0 aliphatic rings. The molecule has 12 rings (SSSR count). The Hall–Kier alpha value is -7.24. The zero-order valence-electron chi connectivity index (χ0n) is 28.4. The van der Waals surface area contributed by atoms with Crippen molar-refractivity contribution in [2.75, 3.05) is 0 Å². The van der Waals surface area contributed by atoms with E-state index in [1.54, 1.807) is 0 Å². The van der Waals surface area contributed by atoms with E-state index in [2.05, 4.69) is 143 Å². The number of benzene rings is 8. The van der Waals surface area contributed by atoms with Crippen LogP contribution in [0.3, 0.4) is 0 Å². The summed E-state index contributed by atoms with van der Waals surface area (Å²) < 4.78 is 10.9. The molecule has 4 heterocycles. The summed E-state index contributed by atoms with van der Waals surface area (Å²) in [5.74, 6) is 0.795. The molecule has 0 spiro atoms. The molecule has 0 saturated carbocycles. The van der Waals surface area contributed by atoms with Crippen molar-refractivity contribution in [3.8, 4) is 22.8 Å². The Kier molecular flexibility index (Phi) is 5.71. The molecule has 0 radical (unpaired) electrons. The summed E-state index contributed by atoms with van der Waals surface area (Å²) in [4.78, 5) is 10.7. The van der Waals surface area contributed by atoms with Gasteiger partial charge in [0.05, 0.1) is 33.1 Å². The van der Waals surface area contributed by atoms with Crippen LogP contribution in [-0.2, 0) is 0 Å². The van der Waals surface area contributed by atoms with Crippen molar-refractivity contribution in [1.29, 1.82) is 0 Å². The molecule has 0 atom stereocenters. The lowest BCUT2D eigenvalue weighted by Gasteiger charge is -2.14. The third-order valence-corrected chi connectivity index (χ3v) is 10.8. The van der Waals surface area contributed by atoms with Crippen molar-refractivity contribution in [2.45, 2.75) is 0 Å². The number of fused-ring (bicyclic) bond motifs is 11. The van der Waals surface area contributed by atoms with Gasteiger partial charge in [0, 0.05) is 43.6 Å². The molecule has 4 aromatic heterocycles. The molecule has 0 aliphatic carbocycles. The van der Waals surface area contributed by atoms with Crippen molar-refractivity contribution in [3.63, 3.8) is 0 Å². The van der Waals surface area contributed by atoms with Crippen LogP contribution in [0.15, 0.2) is 174 Å². The Morgan fingerprint density at radius 3 is 1.68 bits per heavy atom. The fourth-order valence-electron chi connectivity index (χ4n) is 8.48. The van der Waals surface area contributed by atoms with Gasteiger partial charge in [0.15, 0.2) is 5.82 Å². The first-order chi connectivity index (χ1) is 26.3. The van der Waals surface area contributed by atoms with E-state index in [9.17, 15) is 0 Å². The number of nitrogens with zero attached hydrogens (tertiary/aromatic N) is 4. The van der Waals surface area contributed by atoms with E-state index >= 15 is 0 Å². The minimum absolute atomic E-state index is 0.795. The Labute approximate surface area is 302 Å². The summed E-state index contributed by atoms with van der Waals surface area (Å²) in [6, 6.07) is 60.1.